The molecule has 3 rings (SSSR count). The molecule has 0 radical (unpaired) electrons. The Balaban J connectivity index is 1.82. The van der Waals surface area contributed by atoms with Crippen molar-refractivity contribution in [1.29, 1.82) is 0 Å². The Hall–Kier alpha value is -3.87. The molecule has 14 heteroatoms. The predicted molar refractivity (Wildman–Crippen MR) is 97.1 cm³/mol. The lowest BCUT2D eigenvalue weighted by Crippen LogP contribution is -2.34. The van der Waals surface area contributed by atoms with Gasteiger partial charge in [0.15, 0.2) is 11.6 Å². The summed E-state index contributed by atoms with van der Waals surface area (Å²) < 4.78 is 59.5. The summed E-state index contributed by atoms with van der Waals surface area (Å²) in [6, 6.07) is 4.61. The summed E-state index contributed by atoms with van der Waals surface area (Å²) in [4.78, 5) is 37.3. The number of nitrogens with zero attached hydrogens (tertiary/aromatic N) is 1. The molecule has 0 fully saturated rings. The summed E-state index contributed by atoms with van der Waals surface area (Å²) in [5.74, 6) is -3.73. The molecule has 3 amide bonds. The van der Waals surface area contributed by atoms with E-state index in [1.165, 1.54) is 6.07 Å². The first-order chi connectivity index (χ1) is 14.5. The summed E-state index contributed by atoms with van der Waals surface area (Å²) in [5, 5.41) is 6.91. The van der Waals surface area contributed by atoms with E-state index in [-0.39, 0.29) is 22.0 Å². The number of ether oxygens (including phenoxy) is 1. The number of amides is 3. The van der Waals surface area contributed by atoms with Gasteiger partial charge in [-0.3, -0.25) is 19.6 Å². The highest BCUT2D eigenvalue weighted by molar-refractivity contribution is 6.34. The third-order valence-electron chi connectivity index (χ3n) is 3.57. The Labute approximate surface area is 173 Å². The van der Waals surface area contributed by atoms with Crippen LogP contribution in [0.4, 0.5) is 28.0 Å². The highest BCUT2D eigenvalue weighted by Crippen LogP contribution is 2.33. The number of anilines is 1. The number of alkyl halides is 3. The molecule has 31 heavy (non-hydrogen) atoms. The molecular formula is C17H9ClF4N4O5. The Morgan fingerprint density at radius 1 is 1.16 bits per heavy atom. The number of rotatable bonds is 4. The van der Waals surface area contributed by atoms with Gasteiger partial charge >= 0.3 is 18.1 Å². The van der Waals surface area contributed by atoms with Gasteiger partial charge in [-0.05, 0) is 36.4 Å². The smallest absolute Gasteiger partial charge is 0.404 e. The van der Waals surface area contributed by atoms with Crippen molar-refractivity contribution >= 4 is 29.2 Å². The first-order valence-electron chi connectivity index (χ1n) is 8.05. The van der Waals surface area contributed by atoms with Crippen molar-refractivity contribution in [3.63, 3.8) is 0 Å². The fourth-order valence-electron chi connectivity index (χ4n) is 2.33. The average molecular weight is 461 g/mol. The molecule has 1 aromatic heterocycles. The van der Waals surface area contributed by atoms with Crippen LogP contribution in [0.15, 0.2) is 45.7 Å². The lowest BCUT2D eigenvalue weighted by molar-refractivity contribution is -0.274. The van der Waals surface area contributed by atoms with Crippen LogP contribution in [-0.2, 0) is 0 Å². The third kappa shape index (κ3) is 5.60. The first-order valence-corrected chi connectivity index (χ1v) is 8.43. The van der Waals surface area contributed by atoms with Crippen molar-refractivity contribution in [3.05, 3.63) is 63.4 Å². The standard InChI is InChI=1S/C17H9ClF4N4O5/c18-10-6-8(19)2-3-9(10)14(27)25-15(28)23-11-4-1-7(13-24-16(29)31-26-13)5-12(11)30-17(20,21)22/h1-6H,(H,24,26,29)(H2,23,25,27,28). The van der Waals surface area contributed by atoms with Gasteiger partial charge in [0, 0.05) is 5.56 Å². The van der Waals surface area contributed by atoms with Gasteiger partial charge in [-0.25, -0.2) is 14.0 Å². The van der Waals surface area contributed by atoms with E-state index in [1.54, 1.807) is 0 Å². The number of H-pyrrole nitrogens is 1. The van der Waals surface area contributed by atoms with Crippen LogP contribution >= 0.6 is 11.6 Å². The molecule has 1 heterocycles. The highest BCUT2D eigenvalue weighted by Gasteiger charge is 2.33. The van der Waals surface area contributed by atoms with Gasteiger partial charge in [-0.15, -0.1) is 13.2 Å². The molecule has 0 unspecified atom stereocenters. The van der Waals surface area contributed by atoms with Crippen molar-refractivity contribution < 1.29 is 36.4 Å². The minimum atomic E-state index is -5.12. The molecule has 162 valence electrons. The van der Waals surface area contributed by atoms with Crippen LogP contribution in [0.25, 0.3) is 11.4 Å². The number of carbonyl (C=O) groups excluding carboxylic acids is 2. The van der Waals surface area contributed by atoms with Gasteiger partial charge in [-0.2, -0.15) is 0 Å². The van der Waals surface area contributed by atoms with Crippen LogP contribution in [0.5, 0.6) is 5.75 Å². The largest absolute Gasteiger partial charge is 0.573 e. The second kappa shape index (κ2) is 8.47. The maximum atomic E-state index is 13.1. The van der Waals surface area contributed by atoms with E-state index >= 15 is 0 Å². The predicted octanol–water partition coefficient (Wildman–Crippen LogP) is 3.68. The van der Waals surface area contributed by atoms with E-state index < -0.39 is 41.3 Å². The molecule has 2 aromatic carbocycles. The minimum Gasteiger partial charge on any atom is -0.404 e. The van der Waals surface area contributed by atoms with Gasteiger partial charge in [0.1, 0.15) is 5.82 Å². The summed E-state index contributed by atoms with van der Waals surface area (Å²) in [5.41, 5.74) is -0.733. The second-order valence-corrected chi connectivity index (χ2v) is 6.14. The molecule has 9 nitrogen and oxygen atoms in total. The fraction of sp³-hybridized carbons (Fsp3) is 0.0588. The van der Waals surface area contributed by atoms with Crippen LogP contribution in [0.2, 0.25) is 5.02 Å². The minimum absolute atomic E-state index is 0.0229. The van der Waals surface area contributed by atoms with Crippen molar-refractivity contribution in [1.82, 2.24) is 15.5 Å². The van der Waals surface area contributed by atoms with E-state index in [2.05, 4.69) is 19.4 Å². The molecule has 0 saturated heterocycles. The summed E-state index contributed by atoms with van der Waals surface area (Å²) in [7, 11) is 0. The molecule has 0 bridgehead atoms. The number of halogens is 5. The van der Waals surface area contributed by atoms with Gasteiger partial charge in [0.05, 0.1) is 16.3 Å². The fourth-order valence-corrected chi connectivity index (χ4v) is 2.59. The number of benzene rings is 2. The number of aromatic nitrogens is 2. The Morgan fingerprint density at radius 3 is 2.52 bits per heavy atom. The maximum Gasteiger partial charge on any atom is 0.573 e. The molecule has 0 spiro atoms. The van der Waals surface area contributed by atoms with Crippen LogP contribution in [0, 0.1) is 5.82 Å². The van der Waals surface area contributed by atoms with Gasteiger partial charge in [0.25, 0.3) is 5.91 Å². The Morgan fingerprint density at radius 2 is 1.90 bits per heavy atom. The topological polar surface area (TPSA) is 126 Å². The Bertz CT molecular complexity index is 1210. The van der Waals surface area contributed by atoms with Crippen LogP contribution in [0.1, 0.15) is 10.4 Å². The number of aromatic amines is 1. The molecule has 0 aliphatic rings. The number of urea groups is 1. The van der Waals surface area contributed by atoms with Crippen molar-refractivity contribution in [2.45, 2.75) is 6.36 Å². The SMILES string of the molecule is O=C(NC(=O)c1ccc(F)cc1Cl)Nc1ccc(-c2noc(=O)[nH]2)cc1OC(F)(F)F. The zero-order chi connectivity index (χ0) is 22.8. The molecular weight excluding hydrogens is 452 g/mol. The van der Waals surface area contributed by atoms with Crippen molar-refractivity contribution in [3.8, 4) is 17.1 Å². The lowest BCUT2D eigenvalue weighted by atomic mass is 10.1. The molecule has 0 aliphatic carbocycles. The second-order valence-electron chi connectivity index (χ2n) is 5.73. The number of hydrogen-bond acceptors (Lipinski definition) is 6. The average Bonchev–Trinajstić information content (AvgIpc) is 3.08. The van der Waals surface area contributed by atoms with E-state index in [9.17, 15) is 31.9 Å². The molecule has 0 saturated carbocycles. The molecule has 0 atom stereocenters. The van der Waals surface area contributed by atoms with Crippen LogP contribution in [-0.4, -0.2) is 28.4 Å². The number of carbonyl (C=O) groups is 2. The zero-order valence-electron chi connectivity index (χ0n) is 14.8. The molecule has 0 aliphatic heterocycles. The quantitative estimate of drug-likeness (QED) is 0.510. The van der Waals surface area contributed by atoms with Crippen LogP contribution < -0.4 is 21.1 Å². The van der Waals surface area contributed by atoms with Crippen molar-refractivity contribution in [2.24, 2.45) is 0 Å². The van der Waals surface area contributed by atoms with E-state index in [0.717, 1.165) is 30.3 Å². The monoisotopic (exact) mass is 460 g/mol. The van der Waals surface area contributed by atoms with Gasteiger partial charge in [-0.1, -0.05) is 16.8 Å². The first kappa shape index (κ1) is 21.8. The normalized spacial score (nSPS) is 11.1. The number of imide groups is 1. The van der Waals surface area contributed by atoms with Crippen molar-refractivity contribution in [2.75, 3.05) is 5.32 Å². The summed E-state index contributed by atoms with van der Waals surface area (Å²) in [6.45, 7) is 0. The molecule has 3 N–H and O–H groups in total. The molecule has 3 aromatic rings. The number of hydrogen-bond donors (Lipinski definition) is 3. The summed E-state index contributed by atoms with van der Waals surface area (Å²) >= 11 is 5.73. The maximum absolute atomic E-state index is 13.1. The van der Waals surface area contributed by atoms with E-state index in [1.807, 2.05) is 10.6 Å². The highest BCUT2D eigenvalue weighted by atomic mass is 35.5. The zero-order valence-corrected chi connectivity index (χ0v) is 15.6. The summed E-state index contributed by atoms with van der Waals surface area (Å²) in [6.07, 6.45) is -5.12. The third-order valence-corrected chi connectivity index (χ3v) is 3.88. The van der Waals surface area contributed by atoms with E-state index in [4.69, 9.17) is 11.6 Å². The lowest BCUT2D eigenvalue weighted by Gasteiger charge is -2.15. The number of nitrogens with one attached hydrogen (secondary N) is 3. The van der Waals surface area contributed by atoms with Gasteiger partial charge in [0.2, 0.25) is 0 Å². The van der Waals surface area contributed by atoms with E-state index in [0.29, 0.717) is 0 Å². The Kier molecular flexibility index (Phi) is 5.97. The van der Waals surface area contributed by atoms with Gasteiger partial charge < -0.3 is 10.1 Å². The van der Waals surface area contributed by atoms with Crippen LogP contribution in [0.3, 0.4) is 0 Å².